The van der Waals surface area contributed by atoms with Crippen LogP contribution in [0.3, 0.4) is 0 Å². The average molecular weight is 347 g/mol. The molecule has 0 radical (unpaired) electrons. The first-order valence-corrected chi connectivity index (χ1v) is 6.00. The molecule has 4 nitrogen and oxygen atoms in total. The molecule has 0 saturated heterocycles. The van der Waals surface area contributed by atoms with Gasteiger partial charge in [-0.05, 0) is 47.7 Å². The second kappa shape index (κ2) is 6.39. The van der Waals surface area contributed by atoms with Gasteiger partial charge in [0.2, 0.25) is 0 Å². The number of nitrogens with zero attached hydrogens (tertiary/aromatic N) is 1. The lowest BCUT2D eigenvalue weighted by molar-refractivity contribution is 0.249. The molecule has 0 spiro atoms. The van der Waals surface area contributed by atoms with Crippen LogP contribution < -0.4 is 10.6 Å². The highest BCUT2D eigenvalue weighted by Crippen LogP contribution is 2.18. The molecule has 0 heterocycles. The van der Waals surface area contributed by atoms with Crippen molar-refractivity contribution in [3.8, 4) is 6.07 Å². The molecule has 0 aliphatic rings. The summed E-state index contributed by atoms with van der Waals surface area (Å²) in [5.41, 5.74) is 0.536. The lowest BCUT2D eigenvalue weighted by Crippen LogP contribution is -2.36. The summed E-state index contributed by atoms with van der Waals surface area (Å²) < 4.78 is 13.4. The molecule has 0 aromatic heterocycles. The maximum absolute atomic E-state index is 12.8. The van der Waals surface area contributed by atoms with Crippen LogP contribution in [0.4, 0.5) is 14.9 Å². The molecule has 0 bridgehead atoms. The van der Waals surface area contributed by atoms with Crippen molar-refractivity contribution in [2.24, 2.45) is 0 Å². The Labute approximate surface area is 112 Å². The first-order chi connectivity index (χ1) is 8.02. The number of amides is 2. The fourth-order valence-corrected chi connectivity index (χ4v) is 1.77. The molecular formula is C11H11FIN3O. The summed E-state index contributed by atoms with van der Waals surface area (Å²) in [5, 5.41) is 13.6. The highest BCUT2D eigenvalue weighted by atomic mass is 127. The van der Waals surface area contributed by atoms with Crippen LogP contribution in [0.25, 0.3) is 0 Å². The topological polar surface area (TPSA) is 64.9 Å². The first-order valence-electron chi connectivity index (χ1n) is 4.92. The summed E-state index contributed by atoms with van der Waals surface area (Å²) in [5.74, 6) is -0.349. The van der Waals surface area contributed by atoms with Crippen molar-refractivity contribution < 1.29 is 9.18 Å². The fraction of sp³-hybridized carbons (Fsp3) is 0.273. The standard InChI is InChI=1S/C11H11FIN3O/c1-7(4-5-14)15-11(17)16-10-3-2-8(12)6-9(10)13/h2-3,6-7H,4H2,1H3,(H2,15,16,17). The van der Waals surface area contributed by atoms with E-state index in [-0.39, 0.29) is 18.3 Å². The number of halogens is 2. The van der Waals surface area contributed by atoms with Crippen molar-refractivity contribution in [3.63, 3.8) is 0 Å². The third-order valence-corrected chi connectivity index (χ3v) is 2.85. The monoisotopic (exact) mass is 347 g/mol. The Bertz CT molecular complexity index is 459. The van der Waals surface area contributed by atoms with Crippen molar-refractivity contribution >= 4 is 34.3 Å². The third-order valence-electron chi connectivity index (χ3n) is 1.95. The molecule has 2 N–H and O–H groups in total. The van der Waals surface area contributed by atoms with E-state index in [1.54, 1.807) is 6.92 Å². The van der Waals surface area contributed by atoms with Gasteiger partial charge in [-0.2, -0.15) is 5.26 Å². The fourth-order valence-electron chi connectivity index (χ4n) is 1.16. The number of nitrogens with one attached hydrogen (secondary N) is 2. The second-order valence-electron chi connectivity index (χ2n) is 3.49. The summed E-state index contributed by atoms with van der Waals surface area (Å²) in [7, 11) is 0. The number of urea groups is 1. The van der Waals surface area contributed by atoms with Gasteiger partial charge in [0.25, 0.3) is 0 Å². The van der Waals surface area contributed by atoms with Crippen LogP contribution in [0, 0.1) is 20.7 Å². The van der Waals surface area contributed by atoms with Gasteiger partial charge in [0, 0.05) is 9.61 Å². The number of anilines is 1. The van der Waals surface area contributed by atoms with Gasteiger partial charge in [-0.15, -0.1) is 0 Å². The minimum atomic E-state index is -0.405. The van der Waals surface area contributed by atoms with E-state index < -0.39 is 6.03 Å². The number of benzene rings is 1. The number of nitriles is 1. The molecule has 0 aliphatic carbocycles. The molecule has 6 heteroatoms. The summed E-state index contributed by atoms with van der Waals surface area (Å²) in [6.45, 7) is 1.73. The van der Waals surface area contributed by atoms with Crippen molar-refractivity contribution in [3.05, 3.63) is 27.6 Å². The van der Waals surface area contributed by atoms with Crippen LogP contribution in [0.15, 0.2) is 18.2 Å². The molecule has 1 rings (SSSR count). The van der Waals surface area contributed by atoms with E-state index in [2.05, 4.69) is 10.6 Å². The summed E-state index contributed by atoms with van der Waals surface area (Å²) in [4.78, 5) is 11.5. The summed E-state index contributed by atoms with van der Waals surface area (Å²) in [6.07, 6.45) is 0.244. The number of hydrogen-bond acceptors (Lipinski definition) is 2. The number of hydrogen-bond donors (Lipinski definition) is 2. The van der Waals surface area contributed by atoms with Gasteiger partial charge in [-0.3, -0.25) is 0 Å². The molecule has 2 amide bonds. The van der Waals surface area contributed by atoms with E-state index in [1.165, 1.54) is 18.2 Å². The van der Waals surface area contributed by atoms with Gasteiger partial charge in [0.15, 0.2) is 0 Å². The molecule has 0 aliphatic heterocycles. The number of carbonyl (C=O) groups excluding carboxylic acids is 1. The van der Waals surface area contributed by atoms with Gasteiger partial charge in [0.05, 0.1) is 18.2 Å². The van der Waals surface area contributed by atoms with E-state index >= 15 is 0 Å². The zero-order valence-corrected chi connectivity index (χ0v) is 11.3. The largest absolute Gasteiger partial charge is 0.334 e. The van der Waals surface area contributed by atoms with Crippen LogP contribution in [-0.2, 0) is 0 Å². The van der Waals surface area contributed by atoms with E-state index in [0.29, 0.717) is 9.26 Å². The van der Waals surface area contributed by atoms with Crippen molar-refractivity contribution in [1.29, 1.82) is 5.26 Å². The van der Waals surface area contributed by atoms with Gasteiger partial charge < -0.3 is 10.6 Å². The molecule has 0 saturated carbocycles. The number of carbonyl (C=O) groups is 1. The molecule has 17 heavy (non-hydrogen) atoms. The third kappa shape index (κ3) is 4.56. The van der Waals surface area contributed by atoms with Gasteiger partial charge in [-0.1, -0.05) is 0 Å². The Hall–Kier alpha value is -1.36. The minimum absolute atomic E-state index is 0.224. The van der Waals surface area contributed by atoms with Crippen molar-refractivity contribution in [2.75, 3.05) is 5.32 Å². The Kier molecular flexibility index (Phi) is 5.15. The predicted molar refractivity (Wildman–Crippen MR) is 71.0 cm³/mol. The van der Waals surface area contributed by atoms with Crippen LogP contribution >= 0.6 is 22.6 Å². The SMILES string of the molecule is CC(CC#N)NC(=O)Nc1ccc(F)cc1I. The zero-order chi connectivity index (χ0) is 12.8. The van der Waals surface area contributed by atoms with Gasteiger partial charge in [0.1, 0.15) is 5.82 Å². The average Bonchev–Trinajstić information content (AvgIpc) is 2.22. The van der Waals surface area contributed by atoms with Crippen LogP contribution in [0.1, 0.15) is 13.3 Å². The highest BCUT2D eigenvalue weighted by Gasteiger charge is 2.08. The van der Waals surface area contributed by atoms with Crippen LogP contribution in [0.5, 0.6) is 0 Å². The highest BCUT2D eigenvalue weighted by molar-refractivity contribution is 14.1. The molecule has 1 aromatic rings. The van der Waals surface area contributed by atoms with E-state index in [0.717, 1.165) is 0 Å². The predicted octanol–water partition coefficient (Wildman–Crippen LogP) is 2.85. The first kappa shape index (κ1) is 13.7. The Balaban J connectivity index is 2.60. The van der Waals surface area contributed by atoms with E-state index in [4.69, 9.17) is 5.26 Å². The lowest BCUT2D eigenvalue weighted by atomic mass is 10.2. The smallest absolute Gasteiger partial charge is 0.319 e. The lowest BCUT2D eigenvalue weighted by Gasteiger charge is -2.12. The second-order valence-corrected chi connectivity index (χ2v) is 4.65. The molecule has 1 unspecified atom stereocenters. The van der Waals surface area contributed by atoms with Crippen LogP contribution in [-0.4, -0.2) is 12.1 Å². The molecule has 1 atom stereocenters. The molecule has 0 fully saturated rings. The molecule has 90 valence electrons. The van der Waals surface area contributed by atoms with Crippen LogP contribution in [0.2, 0.25) is 0 Å². The Morgan fingerprint density at radius 2 is 2.35 bits per heavy atom. The van der Waals surface area contributed by atoms with Gasteiger partial charge >= 0.3 is 6.03 Å². The zero-order valence-electron chi connectivity index (χ0n) is 9.13. The van der Waals surface area contributed by atoms with E-state index in [1.807, 2.05) is 28.7 Å². The quantitative estimate of drug-likeness (QED) is 0.826. The molecule has 1 aromatic carbocycles. The Morgan fingerprint density at radius 1 is 1.65 bits per heavy atom. The normalized spacial score (nSPS) is 11.4. The van der Waals surface area contributed by atoms with Gasteiger partial charge in [-0.25, -0.2) is 9.18 Å². The van der Waals surface area contributed by atoms with Crippen molar-refractivity contribution in [1.82, 2.24) is 5.32 Å². The summed E-state index contributed by atoms with van der Waals surface area (Å²) in [6, 6.07) is 5.43. The maximum atomic E-state index is 12.8. The summed E-state index contributed by atoms with van der Waals surface area (Å²) >= 11 is 1.93. The van der Waals surface area contributed by atoms with E-state index in [9.17, 15) is 9.18 Å². The maximum Gasteiger partial charge on any atom is 0.319 e. The number of rotatable bonds is 3. The minimum Gasteiger partial charge on any atom is -0.334 e. The van der Waals surface area contributed by atoms with Crippen molar-refractivity contribution in [2.45, 2.75) is 19.4 Å². The molecular weight excluding hydrogens is 336 g/mol. The Morgan fingerprint density at radius 3 is 2.94 bits per heavy atom.